The molecule has 0 unspecified atom stereocenters. The molecule has 5 nitrogen and oxygen atoms in total. The number of ether oxygens (including phenoxy) is 1. The van der Waals surface area contributed by atoms with Gasteiger partial charge in [-0.15, -0.1) is 0 Å². The summed E-state index contributed by atoms with van der Waals surface area (Å²) in [6.07, 6.45) is 2.13. The van der Waals surface area contributed by atoms with E-state index in [0.29, 0.717) is 18.8 Å². The minimum atomic E-state index is -3.86. The molecule has 1 aromatic heterocycles. The van der Waals surface area contributed by atoms with Crippen LogP contribution in [0.2, 0.25) is 0 Å². The Kier molecular flexibility index (Phi) is 5.25. The Hall–Kier alpha value is -2.51. The number of sulfonamides is 1. The van der Waals surface area contributed by atoms with Crippen LogP contribution in [0.25, 0.3) is 10.9 Å². The van der Waals surface area contributed by atoms with Crippen LogP contribution >= 0.6 is 0 Å². The molecule has 0 bridgehead atoms. The standard InChI is InChI=1S/C18H17FN2O3S/c19-15-8-1-2-10-17(15)25(22,23)21-12-5-13-24-16-9-3-6-14-7-4-11-20-18(14)16/h1-4,6-11,21H,5,12-13H2. The van der Waals surface area contributed by atoms with Gasteiger partial charge in [0.05, 0.1) is 6.61 Å². The number of pyridine rings is 1. The number of rotatable bonds is 7. The third-order valence-electron chi connectivity index (χ3n) is 3.59. The lowest BCUT2D eigenvalue weighted by Crippen LogP contribution is -2.26. The Morgan fingerprint density at radius 3 is 2.68 bits per heavy atom. The summed E-state index contributed by atoms with van der Waals surface area (Å²) in [6, 6.07) is 14.7. The number of hydrogen-bond donors (Lipinski definition) is 1. The van der Waals surface area contributed by atoms with E-state index in [1.54, 1.807) is 6.20 Å². The van der Waals surface area contributed by atoms with Gasteiger partial charge >= 0.3 is 0 Å². The topological polar surface area (TPSA) is 68.3 Å². The van der Waals surface area contributed by atoms with Crippen LogP contribution in [0, 0.1) is 5.82 Å². The fourth-order valence-corrected chi connectivity index (χ4v) is 3.54. The highest BCUT2D eigenvalue weighted by atomic mass is 32.2. The van der Waals surface area contributed by atoms with Gasteiger partial charge in [0.1, 0.15) is 22.0 Å². The largest absolute Gasteiger partial charge is 0.491 e. The lowest BCUT2D eigenvalue weighted by atomic mass is 10.2. The molecular weight excluding hydrogens is 343 g/mol. The number of para-hydroxylation sites is 1. The van der Waals surface area contributed by atoms with Gasteiger partial charge in [-0.25, -0.2) is 17.5 Å². The smallest absolute Gasteiger partial charge is 0.243 e. The molecule has 0 aliphatic carbocycles. The van der Waals surface area contributed by atoms with Crippen LogP contribution in [-0.4, -0.2) is 26.6 Å². The molecule has 0 saturated carbocycles. The normalized spacial score (nSPS) is 11.6. The summed E-state index contributed by atoms with van der Waals surface area (Å²) in [5.41, 5.74) is 0.761. The molecule has 2 aromatic carbocycles. The van der Waals surface area contributed by atoms with Crippen molar-refractivity contribution in [2.45, 2.75) is 11.3 Å². The van der Waals surface area contributed by atoms with Crippen LogP contribution in [0.3, 0.4) is 0 Å². The maximum atomic E-state index is 13.6. The van der Waals surface area contributed by atoms with Gasteiger partial charge in [-0.2, -0.15) is 0 Å². The molecule has 1 N–H and O–H groups in total. The molecule has 0 amide bonds. The van der Waals surface area contributed by atoms with E-state index in [4.69, 9.17) is 4.74 Å². The summed E-state index contributed by atoms with van der Waals surface area (Å²) >= 11 is 0. The number of benzene rings is 2. The molecule has 0 aliphatic rings. The van der Waals surface area contributed by atoms with E-state index in [1.165, 1.54) is 18.2 Å². The first-order valence-electron chi connectivity index (χ1n) is 7.79. The number of aromatic nitrogens is 1. The van der Waals surface area contributed by atoms with Crippen molar-refractivity contribution < 1.29 is 17.5 Å². The zero-order chi connectivity index (χ0) is 17.7. The van der Waals surface area contributed by atoms with Gasteiger partial charge in [-0.3, -0.25) is 4.98 Å². The van der Waals surface area contributed by atoms with Gasteiger partial charge in [0.25, 0.3) is 0 Å². The van der Waals surface area contributed by atoms with E-state index < -0.39 is 15.8 Å². The molecule has 1 heterocycles. The molecule has 130 valence electrons. The molecule has 0 saturated heterocycles. The van der Waals surface area contributed by atoms with Crippen molar-refractivity contribution in [3.63, 3.8) is 0 Å². The number of hydrogen-bond acceptors (Lipinski definition) is 4. The van der Waals surface area contributed by atoms with Crippen LogP contribution < -0.4 is 9.46 Å². The average Bonchev–Trinajstić information content (AvgIpc) is 2.62. The first-order chi connectivity index (χ1) is 12.1. The molecule has 0 atom stereocenters. The Balaban J connectivity index is 1.54. The first-order valence-corrected chi connectivity index (χ1v) is 9.27. The van der Waals surface area contributed by atoms with Crippen LogP contribution in [0.15, 0.2) is 65.7 Å². The zero-order valence-electron chi connectivity index (χ0n) is 13.4. The highest BCUT2D eigenvalue weighted by Gasteiger charge is 2.17. The average molecular weight is 360 g/mol. The lowest BCUT2D eigenvalue weighted by Gasteiger charge is -2.10. The second-order valence-electron chi connectivity index (χ2n) is 5.36. The molecular formula is C18H17FN2O3S. The predicted octanol–water partition coefficient (Wildman–Crippen LogP) is 3.12. The number of nitrogens with zero attached hydrogens (tertiary/aromatic N) is 1. The molecule has 0 fully saturated rings. The molecule has 3 aromatic rings. The summed E-state index contributed by atoms with van der Waals surface area (Å²) in [7, 11) is -3.86. The van der Waals surface area contributed by atoms with E-state index in [1.807, 2.05) is 30.3 Å². The van der Waals surface area contributed by atoms with E-state index in [-0.39, 0.29) is 11.4 Å². The van der Waals surface area contributed by atoms with Crippen molar-refractivity contribution in [2.75, 3.05) is 13.2 Å². The lowest BCUT2D eigenvalue weighted by molar-refractivity contribution is 0.314. The van der Waals surface area contributed by atoms with Crippen LogP contribution in [0.4, 0.5) is 4.39 Å². The van der Waals surface area contributed by atoms with Crippen LogP contribution in [0.5, 0.6) is 5.75 Å². The third-order valence-corrected chi connectivity index (χ3v) is 5.09. The second kappa shape index (κ2) is 7.58. The van der Waals surface area contributed by atoms with E-state index >= 15 is 0 Å². The highest BCUT2D eigenvalue weighted by Crippen LogP contribution is 2.22. The maximum Gasteiger partial charge on any atom is 0.243 e. The van der Waals surface area contributed by atoms with Gasteiger partial charge in [-0.1, -0.05) is 30.3 Å². The molecule has 0 spiro atoms. The van der Waals surface area contributed by atoms with Crippen molar-refractivity contribution in [3.8, 4) is 5.75 Å². The molecule has 7 heteroatoms. The van der Waals surface area contributed by atoms with Crippen LogP contribution in [0.1, 0.15) is 6.42 Å². The summed E-state index contributed by atoms with van der Waals surface area (Å²) in [5.74, 6) is -0.122. The Labute approximate surface area is 145 Å². The minimum Gasteiger partial charge on any atom is -0.491 e. The molecule has 3 rings (SSSR count). The van der Waals surface area contributed by atoms with Crippen molar-refractivity contribution in [2.24, 2.45) is 0 Å². The minimum absolute atomic E-state index is 0.148. The Morgan fingerprint density at radius 2 is 1.84 bits per heavy atom. The van der Waals surface area contributed by atoms with Crippen molar-refractivity contribution in [3.05, 3.63) is 66.6 Å². The third kappa shape index (κ3) is 4.12. The van der Waals surface area contributed by atoms with Crippen molar-refractivity contribution in [1.29, 1.82) is 0 Å². The van der Waals surface area contributed by atoms with E-state index in [2.05, 4.69) is 9.71 Å². The van der Waals surface area contributed by atoms with E-state index in [0.717, 1.165) is 17.0 Å². The predicted molar refractivity (Wildman–Crippen MR) is 93.4 cm³/mol. The summed E-state index contributed by atoms with van der Waals surface area (Å²) in [4.78, 5) is 3.94. The number of nitrogens with one attached hydrogen (secondary N) is 1. The SMILES string of the molecule is O=S(=O)(NCCCOc1cccc2cccnc12)c1ccccc1F. The molecule has 25 heavy (non-hydrogen) atoms. The van der Waals surface area contributed by atoms with Gasteiger partial charge in [0.15, 0.2) is 0 Å². The summed E-state index contributed by atoms with van der Waals surface area (Å²) in [5, 5.41) is 0.972. The summed E-state index contributed by atoms with van der Waals surface area (Å²) < 4.78 is 45.8. The Bertz CT molecular complexity index is 971. The van der Waals surface area contributed by atoms with Crippen molar-refractivity contribution >= 4 is 20.9 Å². The Morgan fingerprint density at radius 1 is 1.04 bits per heavy atom. The zero-order valence-corrected chi connectivity index (χ0v) is 14.2. The maximum absolute atomic E-state index is 13.6. The first kappa shape index (κ1) is 17.3. The van der Waals surface area contributed by atoms with Gasteiger partial charge < -0.3 is 4.74 Å². The quantitative estimate of drug-likeness (QED) is 0.658. The number of halogens is 1. The van der Waals surface area contributed by atoms with E-state index in [9.17, 15) is 12.8 Å². The highest BCUT2D eigenvalue weighted by molar-refractivity contribution is 7.89. The fraction of sp³-hybridized carbons (Fsp3) is 0.167. The second-order valence-corrected chi connectivity index (χ2v) is 7.10. The molecule has 0 radical (unpaired) electrons. The van der Waals surface area contributed by atoms with Crippen molar-refractivity contribution in [1.82, 2.24) is 9.71 Å². The summed E-state index contributed by atoms with van der Waals surface area (Å²) in [6.45, 7) is 0.463. The number of fused-ring (bicyclic) bond motifs is 1. The molecule has 0 aliphatic heterocycles. The van der Waals surface area contributed by atoms with Gasteiger partial charge in [0.2, 0.25) is 10.0 Å². The van der Waals surface area contributed by atoms with Crippen LogP contribution in [-0.2, 0) is 10.0 Å². The van der Waals surface area contributed by atoms with Gasteiger partial charge in [0, 0.05) is 18.1 Å². The monoisotopic (exact) mass is 360 g/mol. The van der Waals surface area contributed by atoms with Gasteiger partial charge in [-0.05, 0) is 30.7 Å². The fourth-order valence-electron chi connectivity index (χ4n) is 2.39.